The van der Waals surface area contributed by atoms with E-state index in [1.807, 2.05) is 0 Å². The van der Waals surface area contributed by atoms with Gasteiger partial charge in [0, 0.05) is 5.02 Å². The van der Waals surface area contributed by atoms with Crippen molar-refractivity contribution in [1.82, 2.24) is 5.43 Å². The standard InChI is InChI=1S/C19H19ClN2O6/c1-12(19(24)25)28-16-8-3-13(9-17(16)26-2)10-21-22-18(23)11-27-15-6-4-14(20)5-7-15/h3-10,12H,11H2,1-2H3,(H,22,23)(H,24,25)/b21-10-/t12-/m1/s1. The number of hydrogen-bond acceptors (Lipinski definition) is 6. The second-order valence-corrected chi connectivity index (χ2v) is 5.98. The number of hydrogen-bond donors (Lipinski definition) is 2. The molecule has 0 saturated heterocycles. The number of rotatable bonds is 9. The fourth-order valence-electron chi connectivity index (χ4n) is 1.99. The predicted octanol–water partition coefficient (Wildman–Crippen LogP) is 2.73. The van der Waals surface area contributed by atoms with Crippen LogP contribution in [-0.2, 0) is 9.59 Å². The number of nitrogens with one attached hydrogen (secondary N) is 1. The minimum Gasteiger partial charge on any atom is -0.493 e. The zero-order valence-electron chi connectivity index (χ0n) is 15.2. The van der Waals surface area contributed by atoms with Crippen molar-refractivity contribution >= 4 is 29.7 Å². The summed E-state index contributed by atoms with van der Waals surface area (Å²) in [5.74, 6) is -0.381. The molecule has 8 nitrogen and oxygen atoms in total. The van der Waals surface area contributed by atoms with Gasteiger partial charge in [-0.15, -0.1) is 0 Å². The summed E-state index contributed by atoms with van der Waals surface area (Å²) in [6.07, 6.45) is 0.390. The van der Waals surface area contributed by atoms with E-state index >= 15 is 0 Å². The molecule has 2 N–H and O–H groups in total. The SMILES string of the molecule is COc1cc(/C=N\NC(=O)COc2ccc(Cl)cc2)ccc1O[C@H](C)C(=O)O. The molecule has 2 rings (SSSR count). The molecule has 0 unspecified atom stereocenters. The van der Waals surface area contributed by atoms with Crippen molar-refractivity contribution in [2.45, 2.75) is 13.0 Å². The third-order valence-electron chi connectivity index (χ3n) is 3.43. The van der Waals surface area contributed by atoms with Gasteiger partial charge in [0.1, 0.15) is 5.75 Å². The lowest BCUT2D eigenvalue weighted by Crippen LogP contribution is -2.24. The Morgan fingerprint density at radius 1 is 1.21 bits per heavy atom. The Morgan fingerprint density at radius 2 is 1.93 bits per heavy atom. The first-order chi connectivity index (χ1) is 13.4. The van der Waals surface area contributed by atoms with Crippen molar-refractivity contribution in [2.75, 3.05) is 13.7 Å². The average molecular weight is 407 g/mol. The van der Waals surface area contributed by atoms with Crippen molar-refractivity contribution in [2.24, 2.45) is 5.10 Å². The summed E-state index contributed by atoms with van der Waals surface area (Å²) in [5, 5.41) is 13.3. The molecule has 0 spiro atoms. The van der Waals surface area contributed by atoms with Crippen LogP contribution >= 0.6 is 11.6 Å². The van der Waals surface area contributed by atoms with Crippen molar-refractivity contribution in [3.05, 3.63) is 53.1 Å². The third kappa shape index (κ3) is 6.48. The number of carboxylic acids is 1. The van der Waals surface area contributed by atoms with Crippen LogP contribution < -0.4 is 19.6 Å². The highest BCUT2D eigenvalue weighted by atomic mass is 35.5. The van der Waals surface area contributed by atoms with Crippen LogP contribution in [0.15, 0.2) is 47.6 Å². The van der Waals surface area contributed by atoms with E-state index in [1.54, 1.807) is 42.5 Å². The molecule has 1 amide bonds. The molecule has 9 heteroatoms. The van der Waals surface area contributed by atoms with Crippen LogP contribution in [0.1, 0.15) is 12.5 Å². The van der Waals surface area contributed by atoms with Crippen molar-refractivity contribution < 1.29 is 28.9 Å². The molecule has 1 atom stereocenters. The molecule has 28 heavy (non-hydrogen) atoms. The summed E-state index contributed by atoms with van der Waals surface area (Å²) < 4.78 is 15.8. The molecule has 0 saturated carbocycles. The number of nitrogens with zero attached hydrogens (tertiary/aromatic N) is 1. The van der Waals surface area contributed by atoms with Gasteiger partial charge in [0.2, 0.25) is 0 Å². The number of hydrazone groups is 1. The van der Waals surface area contributed by atoms with Crippen LogP contribution in [0, 0.1) is 0 Å². The van der Waals surface area contributed by atoms with E-state index in [-0.39, 0.29) is 12.4 Å². The van der Waals surface area contributed by atoms with Crippen molar-refractivity contribution in [3.8, 4) is 17.2 Å². The Labute approximate surface area is 166 Å². The lowest BCUT2D eigenvalue weighted by molar-refractivity contribution is -0.144. The van der Waals surface area contributed by atoms with E-state index in [0.29, 0.717) is 22.1 Å². The molecule has 0 aromatic heterocycles. The topological polar surface area (TPSA) is 106 Å². The first kappa shape index (κ1) is 21.0. The number of benzene rings is 2. The van der Waals surface area contributed by atoms with E-state index in [2.05, 4.69) is 10.5 Å². The summed E-state index contributed by atoms with van der Waals surface area (Å²) in [6, 6.07) is 11.4. The van der Waals surface area contributed by atoms with Crippen molar-refractivity contribution in [1.29, 1.82) is 0 Å². The van der Waals surface area contributed by atoms with E-state index < -0.39 is 18.0 Å². The van der Waals surface area contributed by atoms with Gasteiger partial charge in [-0.05, 0) is 55.0 Å². The predicted molar refractivity (Wildman–Crippen MR) is 103 cm³/mol. The Hall–Kier alpha value is -3.26. The highest BCUT2D eigenvalue weighted by Crippen LogP contribution is 2.28. The Morgan fingerprint density at radius 3 is 2.57 bits per heavy atom. The quantitative estimate of drug-likeness (QED) is 0.490. The molecule has 148 valence electrons. The summed E-state index contributed by atoms with van der Waals surface area (Å²) in [6.45, 7) is 1.21. The normalized spacial score (nSPS) is 11.7. The van der Waals surface area contributed by atoms with Crippen molar-refractivity contribution in [3.63, 3.8) is 0 Å². The van der Waals surface area contributed by atoms with Crippen LogP contribution in [0.2, 0.25) is 5.02 Å². The Balaban J connectivity index is 1.89. The second kappa shape index (κ2) is 10.2. The number of ether oxygens (including phenoxy) is 3. The van der Waals surface area contributed by atoms with Gasteiger partial charge >= 0.3 is 5.97 Å². The zero-order valence-corrected chi connectivity index (χ0v) is 16.0. The number of aliphatic carboxylic acids is 1. The van der Waals surface area contributed by atoms with Gasteiger partial charge in [-0.2, -0.15) is 5.10 Å². The van der Waals surface area contributed by atoms with Gasteiger partial charge in [-0.3, -0.25) is 4.79 Å². The molecule has 2 aromatic carbocycles. The molecular formula is C19H19ClN2O6. The molecule has 0 aliphatic carbocycles. The summed E-state index contributed by atoms with van der Waals surface area (Å²) in [5.41, 5.74) is 2.96. The summed E-state index contributed by atoms with van der Waals surface area (Å²) in [4.78, 5) is 22.7. The number of carboxylic acid groups (broad SMARTS) is 1. The Kier molecular flexibility index (Phi) is 7.65. The molecule has 0 bridgehead atoms. The number of amides is 1. The fraction of sp³-hybridized carbons (Fsp3) is 0.211. The zero-order chi connectivity index (χ0) is 20.5. The first-order valence-electron chi connectivity index (χ1n) is 8.17. The molecule has 0 radical (unpaired) electrons. The lowest BCUT2D eigenvalue weighted by Gasteiger charge is -2.14. The number of methoxy groups -OCH3 is 1. The van der Waals surface area contributed by atoms with E-state index in [4.69, 9.17) is 30.9 Å². The minimum absolute atomic E-state index is 0.206. The third-order valence-corrected chi connectivity index (χ3v) is 3.68. The van der Waals surface area contributed by atoms with Gasteiger partial charge < -0.3 is 19.3 Å². The molecule has 0 aliphatic rings. The van der Waals surface area contributed by atoms with Crippen LogP contribution in [0.3, 0.4) is 0 Å². The smallest absolute Gasteiger partial charge is 0.344 e. The molecule has 0 aliphatic heterocycles. The van der Waals surface area contributed by atoms with Gasteiger partial charge in [-0.1, -0.05) is 11.6 Å². The average Bonchev–Trinajstić information content (AvgIpc) is 2.68. The van der Waals surface area contributed by atoms with Gasteiger partial charge in [0.15, 0.2) is 24.2 Å². The first-order valence-corrected chi connectivity index (χ1v) is 8.54. The minimum atomic E-state index is -1.09. The molecule has 0 heterocycles. The summed E-state index contributed by atoms with van der Waals surface area (Å²) >= 11 is 5.77. The maximum Gasteiger partial charge on any atom is 0.344 e. The van der Waals surface area contributed by atoms with Crippen LogP contribution in [-0.4, -0.2) is 43.0 Å². The maximum absolute atomic E-state index is 11.8. The second-order valence-electron chi connectivity index (χ2n) is 5.54. The monoisotopic (exact) mass is 406 g/mol. The summed E-state index contributed by atoms with van der Waals surface area (Å²) in [7, 11) is 1.43. The highest BCUT2D eigenvalue weighted by Gasteiger charge is 2.15. The highest BCUT2D eigenvalue weighted by molar-refractivity contribution is 6.30. The van der Waals surface area contributed by atoms with Crippen LogP contribution in [0.25, 0.3) is 0 Å². The molecule has 0 fully saturated rings. The van der Waals surface area contributed by atoms with Gasteiger partial charge in [-0.25, -0.2) is 10.2 Å². The maximum atomic E-state index is 11.8. The Bertz CT molecular complexity index is 854. The van der Waals surface area contributed by atoms with Crippen LogP contribution in [0.4, 0.5) is 0 Å². The van der Waals surface area contributed by atoms with E-state index in [1.165, 1.54) is 20.2 Å². The molecular weight excluding hydrogens is 388 g/mol. The van der Waals surface area contributed by atoms with E-state index in [9.17, 15) is 9.59 Å². The molecule has 2 aromatic rings. The number of halogens is 1. The largest absolute Gasteiger partial charge is 0.493 e. The lowest BCUT2D eigenvalue weighted by atomic mass is 10.2. The van der Waals surface area contributed by atoms with E-state index in [0.717, 1.165) is 0 Å². The number of carbonyl (C=O) groups is 2. The fourth-order valence-corrected chi connectivity index (χ4v) is 2.12. The van der Waals surface area contributed by atoms with Gasteiger partial charge in [0.25, 0.3) is 5.91 Å². The number of carbonyl (C=O) groups excluding carboxylic acids is 1. The van der Waals surface area contributed by atoms with Crippen LogP contribution in [0.5, 0.6) is 17.2 Å². The van der Waals surface area contributed by atoms with Gasteiger partial charge in [0.05, 0.1) is 13.3 Å².